The number of amides is 1. The highest BCUT2D eigenvalue weighted by molar-refractivity contribution is 7.22. The summed E-state index contributed by atoms with van der Waals surface area (Å²) in [6.45, 7) is 3.32. The summed E-state index contributed by atoms with van der Waals surface area (Å²) in [4.78, 5) is 19.9. The first-order chi connectivity index (χ1) is 10.2. The van der Waals surface area contributed by atoms with Crippen molar-refractivity contribution >= 4 is 43.9 Å². The smallest absolute Gasteiger partial charge is 0.254 e. The first kappa shape index (κ1) is 14.0. The summed E-state index contributed by atoms with van der Waals surface area (Å²) in [5, 5.41) is 2.56. The maximum atomic E-state index is 12.6. The molecule has 2 N–H and O–H groups in total. The largest absolute Gasteiger partial charge is 0.375 e. The fourth-order valence-corrected chi connectivity index (χ4v) is 3.67. The van der Waals surface area contributed by atoms with Crippen LogP contribution < -0.4 is 5.73 Å². The number of carbonyl (C=O) groups excluding carboxylic acids is 1. The molecule has 2 aromatic heterocycles. The van der Waals surface area contributed by atoms with Gasteiger partial charge in [-0.2, -0.15) is 0 Å². The van der Waals surface area contributed by atoms with Crippen LogP contribution in [0.3, 0.4) is 0 Å². The van der Waals surface area contributed by atoms with Gasteiger partial charge in [0.05, 0.1) is 16.8 Å². The average molecular weight is 317 g/mol. The number of rotatable bonds is 4. The van der Waals surface area contributed by atoms with Gasteiger partial charge in [0, 0.05) is 17.0 Å². The minimum atomic E-state index is 0.0415. The number of thiophene rings is 1. The molecule has 2 heterocycles. The van der Waals surface area contributed by atoms with Crippen LogP contribution in [0.1, 0.15) is 22.2 Å². The maximum absolute atomic E-state index is 12.6. The fraction of sp³-hybridized carbons (Fsp3) is 0.200. The molecule has 0 aliphatic heterocycles. The number of fused-ring (bicyclic) bond motifs is 1. The van der Waals surface area contributed by atoms with E-state index in [1.165, 1.54) is 16.2 Å². The molecule has 0 saturated carbocycles. The second kappa shape index (κ2) is 5.83. The predicted molar refractivity (Wildman–Crippen MR) is 88.8 cm³/mol. The molecule has 0 radical (unpaired) electrons. The van der Waals surface area contributed by atoms with Crippen LogP contribution in [0, 0.1) is 0 Å². The lowest BCUT2D eigenvalue weighted by molar-refractivity contribution is 0.0754. The molecule has 0 fully saturated rings. The van der Waals surface area contributed by atoms with Crippen LogP contribution in [0.4, 0.5) is 5.13 Å². The normalized spacial score (nSPS) is 10.9. The van der Waals surface area contributed by atoms with Crippen LogP contribution in [-0.4, -0.2) is 22.3 Å². The minimum absolute atomic E-state index is 0.0415. The van der Waals surface area contributed by atoms with E-state index in [0.29, 0.717) is 23.8 Å². The van der Waals surface area contributed by atoms with E-state index in [-0.39, 0.29) is 5.91 Å². The molecule has 0 atom stereocenters. The molecule has 1 aromatic carbocycles. The monoisotopic (exact) mass is 317 g/mol. The fourth-order valence-electron chi connectivity index (χ4n) is 2.18. The van der Waals surface area contributed by atoms with Gasteiger partial charge < -0.3 is 10.6 Å². The number of hydrogen-bond acceptors (Lipinski definition) is 5. The molecule has 3 aromatic rings. The number of nitrogens with zero attached hydrogens (tertiary/aromatic N) is 2. The highest BCUT2D eigenvalue weighted by atomic mass is 32.1. The Labute approximate surface area is 130 Å². The molecule has 0 saturated heterocycles. The lowest BCUT2D eigenvalue weighted by atomic mass is 10.2. The van der Waals surface area contributed by atoms with E-state index in [4.69, 9.17) is 5.73 Å². The van der Waals surface area contributed by atoms with Crippen LogP contribution in [-0.2, 0) is 6.54 Å². The molecule has 108 valence electrons. The summed E-state index contributed by atoms with van der Waals surface area (Å²) >= 11 is 3.07. The molecule has 0 aliphatic carbocycles. The van der Waals surface area contributed by atoms with Crippen LogP contribution >= 0.6 is 22.7 Å². The van der Waals surface area contributed by atoms with Crippen LogP contribution in [0.25, 0.3) is 10.2 Å². The first-order valence-electron chi connectivity index (χ1n) is 6.65. The third-order valence-electron chi connectivity index (χ3n) is 3.25. The van der Waals surface area contributed by atoms with Crippen molar-refractivity contribution in [1.29, 1.82) is 0 Å². The standard InChI is InChI=1S/C15H15N3OS2/c1-2-18(9-11-4-3-7-20-11)14(19)10-5-6-12-13(8-10)21-15(16)17-12/h3-8H,2,9H2,1H3,(H2,16,17). The maximum Gasteiger partial charge on any atom is 0.254 e. The van der Waals surface area contributed by atoms with E-state index in [1.807, 2.05) is 47.5 Å². The number of hydrogen-bond donors (Lipinski definition) is 1. The first-order valence-corrected chi connectivity index (χ1v) is 8.34. The Kier molecular flexibility index (Phi) is 3.90. The van der Waals surface area contributed by atoms with Gasteiger partial charge in [-0.1, -0.05) is 17.4 Å². The second-order valence-electron chi connectivity index (χ2n) is 4.63. The molecular weight excluding hydrogens is 302 g/mol. The second-order valence-corrected chi connectivity index (χ2v) is 6.73. The van der Waals surface area contributed by atoms with Gasteiger partial charge in [0.15, 0.2) is 5.13 Å². The van der Waals surface area contributed by atoms with Gasteiger partial charge in [0.1, 0.15) is 0 Å². The lowest BCUT2D eigenvalue weighted by Crippen LogP contribution is -2.29. The van der Waals surface area contributed by atoms with E-state index >= 15 is 0 Å². The number of aromatic nitrogens is 1. The highest BCUT2D eigenvalue weighted by Crippen LogP contribution is 2.25. The van der Waals surface area contributed by atoms with Crippen molar-refractivity contribution in [3.8, 4) is 0 Å². The van der Waals surface area contributed by atoms with Crippen molar-refractivity contribution in [1.82, 2.24) is 9.88 Å². The summed E-state index contributed by atoms with van der Waals surface area (Å²) in [5.74, 6) is 0.0415. The van der Waals surface area contributed by atoms with Crippen LogP contribution in [0.2, 0.25) is 0 Å². The molecule has 3 rings (SSSR count). The molecular formula is C15H15N3OS2. The third kappa shape index (κ3) is 2.91. The Balaban J connectivity index is 1.86. The Bertz CT molecular complexity index is 764. The topological polar surface area (TPSA) is 59.2 Å². The van der Waals surface area contributed by atoms with Gasteiger partial charge in [0.25, 0.3) is 5.91 Å². The Hall–Kier alpha value is -1.92. The van der Waals surface area contributed by atoms with Gasteiger partial charge in [-0.15, -0.1) is 11.3 Å². The molecule has 0 bridgehead atoms. The zero-order valence-electron chi connectivity index (χ0n) is 11.6. The zero-order valence-corrected chi connectivity index (χ0v) is 13.2. The van der Waals surface area contributed by atoms with Crippen LogP contribution in [0.5, 0.6) is 0 Å². The van der Waals surface area contributed by atoms with Gasteiger partial charge in [-0.25, -0.2) is 4.98 Å². The van der Waals surface area contributed by atoms with Gasteiger partial charge in [-0.3, -0.25) is 4.79 Å². The lowest BCUT2D eigenvalue weighted by Gasteiger charge is -2.20. The Morgan fingerprint density at radius 3 is 2.95 bits per heavy atom. The highest BCUT2D eigenvalue weighted by Gasteiger charge is 2.16. The van der Waals surface area contributed by atoms with E-state index in [0.717, 1.165) is 10.2 Å². The molecule has 1 amide bonds. The van der Waals surface area contributed by atoms with Crippen molar-refractivity contribution < 1.29 is 4.79 Å². The summed E-state index contributed by atoms with van der Waals surface area (Å²) < 4.78 is 0.950. The number of thiazole rings is 1. The number of carbonyl (C=O) groups is 1. The van der Waals surface area contributed by atoms with Crippen molar-refractivity contribution in [3.05, 3.63) is 46.2 Å². The SMILES string of the molecule is CCN(Cc1cccs1)C(=O)c1ccc2nc(N)sc2c1. The van der Waals surface area contributed by atoms with E-state index < -0.39 is 0 Å². The van der Waals surface area contributed by atoms with Crippen LogP contribution in [0.15, 0.2) is 35.7 Å². The summed E-state index contributed by atoms with van der Waals surface area (Å²) in [7, 11) is 0. The van der Waals surface area contributed by atoms with Gasteiger partial charge >= 0.3 is 0 Å². The summed E-state index contributed by atoms with van der Waals surface area (Å²) in [6.07, 6.45) is 0. The molecule has 0 unspecified atom stereocenters. The number of nitrogen functional groups attached to an aromatic ring is 1. The Morgan fingerprint density at radius 2 is 2.24 bits per heavy atom. The third-order valence-corrected chi connectivity index (χ3v) is 4.96. The molecule has 6 heteroatoms. The van der Waals surface area contributed by atoms with E-state index in [1.54, 1.807) is 11.3 Å². The van der Waals surface area contributed by atoms with E-state index in [9.17, 15) is 4.79 Å². The van der Waals surface area contributed by atoms with Crippen molar-refractivity contribution in [2.75, 3.05) is 12.3 Å². The van der Waals surface area contributed by atoms with Gasteiger partial charge in [0.2, 0.25) is 0 Å². The minimum Gasteiger partial charge on any atom is -0.375 e. The number of nitrogens with two attached hydrogens (primary N) is 1. The summed E-state index contributed by atoms with van der Waals surface area (Å²) in [6, 6.07) is 9.61. The van der Waals surface area contributed by atoms with Crippen molar-refractivity contribution in [2.45, 2.75) is 13.5 Å². The van der Waals surface area contributed by atoms with E-state index in [2.05, 4.69) is 4.98 Å². The zero-order chi connectivity index (χ0) is 14.8. The predicted octanol–water partition coefficient (Wildman–Crippen LogP) is 3.60. The molecule has 0 spiro atoms. The van der Waals surface area contributed by atoms with Gasteiger partial charge in [-0.05, 0) is 36.6 Å². The Morgan fingerprint density at radius 1 is 1.38 bits per heavy atom. The summed E-state index contributed by atoms with van der Waals surface area (Å²) in [5.41, 5.74) is 7.23. The average Bonchev–Trinajstić information content (AvgIpc) is 3.11. The molecule has 0 aliphatic rings. The van der Waals surface area contributed by atoms with Crippen molar-refractivity contribution in [2.24, 2.45) is 0 Å². The van der Waals surface area contributed by atoms with Crippen molar-refractivity contribution in [3.63, 3.8) is 0 Å². The number of benzene rings is 1. The molecule has 21 heavy (non-hydrogen) atoms. The quantitative estimate of drug-likeness (QED) is 0.800. The molecule has 4 nitrogen and oxygen atoms in total. The number of anilines is 1.